The average Bonchev–Trinajstić information content (AvgIpc) is 2.36. The lowest BCUT2D eigenvalue weighted by molar-refractivity contribution is -0.0155. The maximum atomic E-state index is 13.6. The minimum atomic E-state index is -0.754. The fourth-order valence-corrected chi connectivity index (χ4v) is 2.46. The van der Waals surface area contributed by atoms with Crippen LogP contribution in [0.25, 0.3) is 0 Å². The highest BCUT2D eigenvalue weighted by Gasteiger charge is 2.31. The summed E-state index contributed by atoms with van der Waals surface area (Å²) in [4.78, 5) is 2.09. The first kappa shape index (κ1) is 13.7. The van der Waals surface area contributed by atoms with Crippen LogP contribution in [-0.4, -0.2) is 35.2 Å². The first-order valence-corrected chi connectivity index (χ1v) is 6.49. The fraction of sp³-hybridized carbons (Fsp3) is 0.538. The van der Waals surface area contributed by atoms with Crippen molar-refractivity contribution in [3.05, 3.63) is 34.6 Å². The van der Waals surface area contributed by atoms with E-state index in [1.807, 2.05) is 0 Å². The van der Waals surface area contributed by atoms with Crippen LogP contribution in [0.1, 0.15) is 18.4 Å². The van der Waals surface area contributed by atoms with E-state index in [1.165, 1.54) is 6.07 Å². The van der Waals surface area contributed by atoms with Crippen LogP contribution in [0.15, 0.2) is 18.2 Å². The summed E-state index contributed by atoms with van der Waals surface area (Å²) in [5, 5.41) is 10.5. The van der Waals surface area contributed by atoms with Gasteiger partial charge in [-0.3, -0.25) is 4.90 Å². The zero-order valence-corrected chi connectivity index (χ0v) is 11.0. The molecule has 1 aliphatic heterocycles. The number of aliphatic hydroxyl groups is 1. The van der Waals surface area contributed by atoms with Crippen molar-refractivity contribution in [3.63, 3.8) is 0 Å². The van der Waals surface area contributed by atoms with Gasteiger partial charge in [0, 0.05) is 36.8 Å². The van der Waals surface area contributed by atoms with Gasteiger partial charge >= 0.3 is 0 Å². The Morgan fingerprint density at radius 1 is 1.39 bits per heavy atom. The monoisotopic (exact) mass is 272 g/mol. The molecule has 0 amide bonds. The summed E-state index contributed by atoms with van der Waals surface area (Å²) in [6, 6.07) is 4.71. The van der Waals surface area contributed by atoms with Crippen LogP contribution in [-0.2, 0) is 6.54 Å². The number of benzene rings is 1. The predicted octanol–water partition coefficient (Wildman–Crippen LogP) is 1.76. The quantitative estimate of drug-likeness (QED) is 0.882. The van der Waals surface area contributed by atoms with Gasteiger partial charge in [0.15, 0.2) is 0 Å². The summed E-state index contributed by atoms with van der Waals surface area (Å²) in [7, 11) is 0. The molecular formula is C13H18ClFN2O. The Morgan fingerprint density at radius 3 is 2.61 bits per heavy atom. The van der Waals surface area contributed by atoms with Gasteiger partial charge < -0.3 is 10.8 Å². The van der Waals surface area contributed by atoms with Crippen molar-refractivity contribution in [1.82, 2.24) is 4.90 Å². The van der Waals surface area contributed by atoms with E-state index in [9.17, 15) is 9.50 Å². The highest BCUT2D eigenvalue weighted by Crippen LogP contribution is 2.25. The molecule has 1 saturated heterocycles. The highest BCUT2D eigenvalue weighted by atomic mass is 35.5. The second-order valence-electron chi connectivity index (χ2n) is 4.90. The van der Waals surface area contributed by atoms with E-state index in [-0.39, 0.29) is 12.4 Å². The third-order valence-corrected chi connectivity index (χ3v) is 3.96. The van der Waals surface area contributed by atoms with E-state index in [2.05, 4.69) is 4.90 Å². The van der Waals surface area contributed by atoms with Gasteiger partial charge in [0.1, 0.15) is 5.82 Å². The molecule has 5 heteroatoms. The van der Waals surface area contributed by atoms with Crippen molar-refractivity contribution in [2.45, 2.75) is 25.0 Å². The van der Waals surface area contributed by atoms with Crippen molar-refractivity contribution >= 4 is 11.6 Å². The van der Waals surface area contributed by atoms with Crippen LogP contribution in [0.5, 0.6) is 0 Å². The second kappa shape index (κ2) is 5.53. The SMILES string of the molecule is NCC1(O)CCN(Cc2c(F)cccc2Cl)CC1. The van der Waals surface area contributed by atoms with Crippen molar-refractivity contribution < 1.29 is 9.50 Å². The molecule has 1 fully saturated rings. The summed E-state index contributed by atoms with van der Waals surface area (Å²) in [5.74, 6) is -0.276. The summed E-state index contributed by atoms with van der Waals surface area (Å²) in [5.41, 5.74) is 5.31. The number of nitrogens with zero attached hydrogens (tertiary/aromatic N) is 1. The molecule has 3 N–H and O–H groups in total. The van der Waals surface area contributed by atoms with Crippen molar-refractivity contribution in [2.75, 3.05) is 19.6 Å². The van der Waals surface area contributed by atoms with Crippen molar-refractivity contribution in [3.8, 4) is 0 Å². The van der Waals surface area contributed by atoms with Gasteiger partial charge in [-0.2, -0.15) is 0 Å². The van der Waals surface area contributed by atoms with Crippen LogP contribution in [0.4, 0.5) is 4.39 Å². The zero-order chi connectivity index (χ0) is 13.2. The van der Waals surface area contributed by atoms with E-state index in [4.69, 9.17) is 17.3 Å². The number of hydrogen-bond donors (Lipinski definition) is 2. The highest BCUT2D eigenvalue weighted by molar-refractivity contribution is 6.31. The second-order valence-corrected chi connectivity index (χ2v) is 5.31. The minimum Gasteiger partial charge on any atom is -0.388 e. The Bertz CT molecular complexity index is 399. The Morgan fingerprint density at radius 2 is 2.06 bits per heavy atom. The molecule has 3 nitrogen and oxygen atoms in total. The Kier molecular flexibility index (Phi) is 4.22. The molecule has 1 aromatic carbocycles. The summed E-state index contributed by atoms with van der Waals surface area (Å²) >= 11 is 6.00. The van der Waals surface area contributed by atoms with Gasteiger partial charge in [0.05, 0.1) is 5.60 Å². The molecule has 0 saturated carbocycles. The van der Waals surface area contributed by atoms with Crippen LogP contribution in [0, 0.1) is 5.82 Å². The minimum absolute atomic E-state index is 0.276. The Balaban J connectivity index is 2.00. The number of nitrogens with two attached hydrogens (primary N) is 1. The molecule has 100 valence electrons. The lowest BCUT2D eigenvalue weighted by atomic mass is 9.91. The molecule has 2 rings (SSSR count). The van der Waals surface area contributed by atoms with Gasteiger partial charge in [-0.1, -0.05) is 17.7 Å². The van der Waals surface area contributed by atoms with Gasteiger partial charge in [-0.25, -0.2) is 4.39 Å². The summed E-state index contributed by atoms with van der Waals surface area (Å²) in [6.45, 7) is 2.17. The van der Waals surface area contributed by atoms with Crippen LogP contribution in [0.3, 0.4) is 0 Å². The van der Waals surface area contributed by atoms with Crippen LogP contribution < -0.4 is 5.73 Å². The number of hydrogen-bond acceptors (Lipinski definition) is 3. The zero-order valence-electron chi connectivity index (χ0n) is 10.2. The van der Waals surface area contributed by atoms with Gasteiger partial charge in [-0.05, 0) is 25.0 Å². The number of halogens is 2. The fourth-order valence-electron chi connectivity index (χ4n) is 2.24. The lowest BCUT2D eigenvalue weighted by Gasteiger charge is -2.37. The Hall–Kier alpha value is -0.680. The van der Waals surface area contributed by atoms with Crippen LogP contribution in [0.2, 0.25) is 5.02 Å². The molecule has 0 radical (unpaired) electrons. The standard InChI is InChI=1S/C13H18ClFN2O/c14-11-2-1-3-12(15)10(11)8-17-6-4-13(18,9-16)5-7-17/h1-3,18H,4-9,16H2. The summed E-state index contributed by atoms with van der Waals surface area (Å²) < 4.78 is 13.6. The molecule has 0 atom stereocenters. The average molecular weight is 273 g/mol. The first-order chi connectivity index (χ1) is 8.54. The van der Waals surface area contributed by atoms with E-state index in [1.54, 1.807) is 12.1 Å². The molecule has 0 aromatic heterocycles. The van der Waals surface area contributed by atoms with E-state index < -0.39 is 5.60 Å². The smallest absolute Gasteiger partial charge is 0.129 e. The molecule has 1 aliphatic rings. The molecule has 0 bridgehead atoms. The molecule has 0 aliphatic carbocycles. The summed E-state index contributed by atoms with van der Waals surface area (Å²) in [6.07, 6.45) is 1.24. The third kappa shape index (κ3) is 3.01. The first-order valence-electron chi connectivity index (χ1n) is 6.12. The van der Waals surface area contributed by atoms with Crippen molar-refractivity contribution in [2.24, 2.45) is 5.73 Å². The molecule has 1 heterocycles. The molecule has 0 unspecified atom stereocenters. The van der Waals surface area contributed by atoms with E-state index in [0.29, 0.717) is 43.1 Å². The van der Waals surface area contributed by atoms with Gasteiger partial charge in [-0.15, -0.1) is 0 Å². The Labute approximate surface area is 111 Å². The molecule has 0 spiro atoms. The largest absolute Gasteiger partial charge is 0.388 e. The van der Waals surface area contributed by atoms with Gasteiger partial charge in [0.25, 0.3) is 0 Å². The van der Waals surface area contributed by atoms with Gasteiger partial charge in [0.2, 0.25) is 0 Å². The number of likely N-dealkylation sites (tertiary alicyclic amines) is 1. The molecule has 1 aromatic rings. The van der Waals surface area contributed by atoms with Crippen molar-refractivity contribution in [1.29, 1.82) is 0 Å². The molecule has 18 heavy (non-hydrogen) atoms. The number of rotatable bonds is 3. The normalized spacial score (nSPS) is 20.0. The van der Waals surface area contributed by atoms with Crippen LogP contribution >= 0.6 is 11.6 Å². The van der Waals surface area contributed by atoms with E-state index in [0.717, 1.165) is 0 Å². The predicted molar refractivity (Wildman–Crippen MR) is 69.9 cm³/mol. The third-order valence-electron chi connectivity index (χ3n) is 3.61. The number of piperidine rings is 1. The maximum absolute atomic E-state index is 13.6. The maximum Gasteiger partial charge on any atom is 0.129 e. The lowest BCUT2D eigenvalue weighted by Crippen LogP contribution is -2.48. The molecular weight excluding hydrogens is 255 g/mol. The van der Waals surface area contributed by atoms with E-state index >= 15 is 0 Å². The topological polar surface area (TPSA) is 49.5 Å².